The molecule has 0 atom stereocenters. The van der Waals surface area contributed by atoms with Gasteiger partial charge in [0, 0.05) is 32.7 Å². The molecule has 6 heteroatoms. The summed E-state index contributed by atoms with van der Waals surface area (Å²) in [6.45, 7) is 10.1. The Bertz CT molecular complexity index is 484. The lowest BCUT2D eigenvalue weighted by Crippen LogP contribution is -2.39. The lowest BCUT2D eigenvalue weighted by molar-refractivity contribution is 0.0257. The van der Waals surface area contributed by atoms with E-state index < -0.39 is 5.60 Å². The van der Waals surface area contributed by atoms with Crippen molar-refractivity contribution in [2.24, 2.45) is 0 Å². The molecule has 0 spiro atoms. The van der Waals surface area contributed by atoms with Gasteiger partial charge in [0.25, 0.3) is 0 Å². The quantitative estimate of drug-likeness (QED) is 0.785. The molecule has 2 heterocycles. The Balaban J connectivity index is 1.85. The van der Waals surface area contributed by atoms with Gasteiger partial charge in [0.15, 0.2) is 0 Å². The lowest BCUT2D eigenvalue weighted by Gasteiger charge is -2.26. The van der Waals surface area contributed by atoms with Crippen LogP contribution in [-0.4, -0.2) is 47.7 Å². The molecule has 0 saturated carbocycles. The Morgan fingerprint density at radius 3 is 2.71 bits per heavy atom. The molecule has 0 N–H and O–H groups in total. The molecule has 1 aromatic heterocycles. The number of carbonyl (C=O) groups is 1. The summed E-state index contributed by atoms with van der Waals surface area (Å²) >= 11 is 5.21. The van der Waals surface area contributed by atoms with Crippen molar-refractivity contribution in [2.75, 3.05) is 26.2 Å². The summed E-state index contributed by atoms with van der Waals surface area (Å²) in [6.07, 6.45) is 0.799. The van der Waals surface area contributed by atoms with E-state index in [0.29, 0.717) is 0 Å². The standard InChI is InChI=1S/C15H23BrN2O2S/c1-15(2,3)20-14(19)18-6-4-5-17(7-8-18)10-12-9-13(16)21-11-12/h9,11H,4-8,10H2,1-3H3. The topological polar surface area (TPSA) is 32.8 Å². The number of halogens is 1. The molecule has 1 aromatic rings. The highest BCUT2D eigenvalue weighted by Crippen LogP contribution is 2.22. The Morgan fingerprint density at radius 2 is 2.10 bits per heavy atom. The molecule has 1 saturated heterocycles. The van der Waals surface area contributed by atoms with E-state index in [9.17, 15) is 4.79 Å². The number of hydrogen-bond acceptors (Lipinski definition) is 4. The van der Waals surface area contributed by atoms with Gasteiger partial charge in [0.05, 0.1) is 3.79 Å². The van der Waals surface area contributed by atoms with Crippen molar-refractivity contribution >= 4 is 33.4 Å². The largest absolute Gasteiger partial charge is 0.444 e. The number of ether oxygens (including phenoxy) is 1. The van der Waals surface area contributed by atoms with Crippen LogP contribution in [0, 0.1) is 0 Å². The second-order valence-electron chi connectivity index (χ2n) is 6.36. The second kappa shape index (κ2) is 7.11. The molecule has 118 valence electrons. The molecule has 2 rings (SSSR count). The van der Waals surface area contributed by atoms with Crippen LogP contribution in [0.15, 0.2) is 15.2 Å². The maximum absolute atomic E-state index is 12.1. The van der Waals surface area contributed by atoms with Crippen LogP contribution in [0.3, 0.4) is 0 Å². The monoisotopic (exact) mass is 374 g/mol. The highest BCUT2D eigenvalue weighted by atomic mass is 79.9. The molecule has 1 aliphatic heterocycles. The highest BCUT2D eigenvalue weighted by Gasteiger charge is 2.24. The average molecular weight is 375 g/mol. The molecule has 21 heavy (non-hydrogen) atoms. The molecular weight excluding hydrogens is 352 g/mol. The van der Waals surface area contributed by atoms with Gasteiger partial charge < -0.3 is 9.64 Å². The normalized spacial score (nSPS) is 17.6. The summed E-state index contributed by atoms with van der Waals surface area (Å²) in [5.74, 6) is 0. The van der Waals surface area contributed by atoms with E-state index in [1.165, 1.54) is 9.35 Å². The Kier molecular flexibility index (Phi) is 5.68. The first-order valence-corrected chi connectivity index (χ1v) is 8.94. The van der Waals surface area contributed by atoms with Crippen LogP contribution in [0.4, 0.5) is 4.79 Å². The van der Waals surface area contributed by atoms with Crippen molar-refractivity contribution in [1.82, 2.24) is 9.80 Å². The van der Waals surface area contributed by atoms with E-state index in [4.69, 9.17) is 4.74 Å². The third kappa shape index (κ3) is 5.60. The first-order valence-electron chi connectivity index (χ1n) is 7.27. The zero-order valence-electron chi connectivity index (χ0n) is 12.9. The number of nitrogens with zero attached hydrogens (tertiary/aromatic N) is 2. The summed E-state index contributed by atoms with van der Waals surface area (Å²) in [4.78, 5) is 16.3. The van der Waals surface area contributed by atoms with Crippen LogP contribution in [0.5, 0.6) is 0 Å². The fraction of sp³-hybridized carbons (Fsp3) is 0.667. The van der Waals surface area contributed by atoms with E-state index in [2.05, 4.69) is 32.3 Å². The van der Waals surface area contributed by atoms with Gasteiger partial charge in [-0.15, -0.1) is 11.3 Å². The predicted octanol–water partition coefficient (Wildman–Crippen LogP) is 3.95. The van der Waals surface area contributed by atoms with Gasteiger partial charge in [-0.3, -0.25) is 4.90 Å². The average Bonchev–Trinajstić information content (AvgIpc) is 2.62. The fourth-order valence-electron chi connectivity index (χ4n) is 2.32. The second-order valence-corrected chi connectivity index (χ2v) is 8.65. The zero-order chi connectivity index (χ0) is 15.5. The molecule has 4 nitrogen and oxygen atoms in total. The molecule has 1 amide bonds. The van der Waals surface area contributed by atoms with Gasteiger partial charge in [0.2, 0.25) is 0 Å². The molecule has 1 fully saturated rings. The summed E-state index contributed by atoms with van der Waals surface area (Å²) in [5, 5.41) is 2.18. The third-order valence-electron chi connectivity index (χ3n) is 3.27. The zero-order valence-corrected chi connectivity index (χ0v) is 15.3. The van der Waals surface area contributed by atoms with Crippen molar-refractivity contribution in [3.63, 3.8) is 0 Å². The highest BCUT2D eigenvalue weighted by molar-refractivity contribution is 9.11. The van der Waals surface area contributed by atoms with Crippen molar-refractivity contribution in [3.8, 4) is 0 Å². The van der Waals surface area contributed by atoms with Crippen molar-refractivity contribution in [3.05, 3.63) is 20.8 Å². The molecule has 0 radical (unpaired) electrons. The molecule has 0 unspecified atom stereocenters. The number of hydrogen-bond donors (Lipinski definition) is 0. The van der Waals surface area contributed by atoms with Crippen LogP contribution >= 0.6 is 27.3 Å². The van der Waals surface area contributed by atoms with E-state index in [1.807, 2.05) is 25.7 Å². The summed E-state index contributed by atoms with van der Waals surface area (Å²) in [5.41, 5.74) is 0.907. The Hall–Kier alpha value is -0.590. The number of thiophene rings is 1. The van der Waals surface area contributed by atoms with Gasteiger partial charge in [-0.25, -0.2) is 4.79 Å². The summed E-state index contributed by atoms with van der Waals surface area (Å²) < 4.78 is 6.62. The molecule has 0 aromatic carbocycles. The predicted molar refractivity (Wildman–Crippen MR) is 89.7 cm³/mol. The summed E-state index contributed by atoms with van der Waals surface area (Å²) in [6, 6.07) is 2.17. The number of amides is 1. The van der Waals surface area contributed by atoms with Crippen LogP contribution in [0.25, 0.3) is 0 Å². The summed E-state index contributed by atoms with van der Waals surface area (Å²) in [7, 11) is 0. The van der Waals surface area contributed by atoms with Crippen LogP contribution in [0.1, 0.15) is 32.8 Å². The lowest BCUT2D eigenvalue weighted by atomic mass is 10.2. The van der Waals surface area contributed by atoms with E-state index in [-0.39, 0.29) is 6.09 Å². The van der Waals surface area contributed by atoms with Gasteiger partial charge >= 0.3 is 6.09 Å². The maximum Gasteiger partial charge on any atom is 0.410 e. The van der Waals surface area contributed by atoms with Crippen LogP contribution in [-0.2, 0) is 11.3 Å². The minimum atomic E-state index is -0.425. The minimum Gasteiger partial charge on any atom is -0.444 e. The molecular formula is C15H23BrN2O2S. The molecule has 0 bridgehead atoms. The minimum absolute atomic E-state index is 0.192. The van der Waals surface area contributed by atoms with Gasteiger partial charge in [-0.2, -0.15) is 0 Å². The number of carbonyl (C=O) groups excluding carboxylic acids is 1. The van der Waals surface area contributed by atoms with Crippen molar-refractivity contribution < 1.29 is 9.53 Å². The van der Waals surface area contributed by atoms with Gasteiger partial charge in [-0.05, 0) is 60.1 Å². The van der Waals surface area contributed by atoms with E-state index in [1.54, 1.807) is 11.3 Å². The smallest absolute Gasteiger partial charge is 0.410 e. The molecule has 0 aliphatic carbocycles. The van der Waals surface area contributed by atoms with Gasteiger partial charge in [-0.1, -0.05) is 0 Å². The third-order valence-corrected chi connectivity index (χ3v) is 4.82. The van der Waals surface area contributed by atoms with Crippen LogP contribution in [0.2, 0.25) is 0 Å². The van der Waals surface area contributed by atoms with Crippen molar-refractivity contribution in [2.45, 2.75) is 39.3 Å². The van der Waals surface area contributed by atoms with Crippen molar-refractivity contribution in [1.29, 1.82) is 0 Å². The first-order chi connectivity index (χ1) is 9.83. The van der Waals surface area contributed by atoms with Gasteiger partial charge in [0.1, 0.15) is 5.60 Å². The Morgan fingerprint density at radius 1 is 1.33 bits per heavy atom. The number of rotatable bonds is 2. The Labute approximate surface area is 139 Å². The fourth-order valence-corrected chi connectivity index (χ4v) is 3.53. The van der Waals surface area contributed by atoms with E-state index >= 15 is 0 Å². The maximum atomic E-state index is 12.1. The van der Waals surface area contributed by atoms with E-state index in [0.717, 1.165) is 39.1 Å². The first kappa shape index (κ1) is 16.8. The SMILES string of the molecule is CC(C)(C)OC(=O)N1CCCN(Cc2csc(Br)c2)CC1. The van der Waals surface area contributed by atoms with Crippen LogP contribution < -0.4 is 0 Å². The molecule has 1 aliphatic rings.